The molecule has 2 rings (SSSR count). The molecule has 0 saturated carbocycles. The van der Waals surface area contributed by atoms with Crippen molar-refractivity contribution in [1.29, 1.82) is 0 Å². The zero-order chi connectivity index (χ0) is 13.8. The first-order valence-corrected chi connectivity index (χ1v) is 6.85. The van der Waals surface area contributed by atoms with Gasteiger partial charge in [0.25, 0.3) is 0 Å². The topological polar surface area (TPSA) is 85.8 Å². The van der Waals surface area contributed by atoms with E-state index in [1.54, 1.807) is 0 Å². The van der Waals surface area contributed by atoms with E-state index in [1.807, 2.05) is 17.2 Å². The minimum Gasteiger partial charge on any atom is -0.465 e. The number of thiazole rings is 1. The molecule has 8 heteroatoms. The number of carbonyl (C=O) groups is 2. The second kappa shape index (κ2) is 5.98. The summed E-state index contributed by atoms with van der Waals surface area (Å²) < 4.78 is 0. The molecule has 0 unspecified atom stereocenters. The smallest absolute Gasteiger partial charge is 0.407 e. The lowest BCUT2D eigenvalue weighted by Gasteiger charge is -2.32. The molecule has 0 spiro atoms. The third kappa shape index (κ3) is 3.90. The number of amides is 2. The van der Waals surface area contributed by atoms with Crippen LogP contribution in [0.5, 0.6) is 0 Å². The number of aromatic nitrogens is 1. The number of hydrogen-bond acceptors (Lipinski definition) is 5. The maximum Gasteiger partial charge on any atom is 0.407 e. The van der Waals surface area contributed by atoms with Gasteiger partial charge in [-0.25, -0.2) is 9.78 Å². The number of nitrogens with zero attached hydrogens (tertiary/aromatic N) is 3. The van der Waals surface area contributed by atoms with E-state index in [4.69, 9.17) is 5.11 Å². The molecule has 0 aromatic carbocycles. The third-order valence-corrected chi connectivity index (χ3v) is 3.75. The number of carboxylic acid groups (broad SMARTS) is 1. The number of hydrogen-bond donors (Lipinski definition) is 2. The lowest BCUT2D eigenvalue weighted by Crippen LogP contribution is -2.50. The SMILES string of the molecule is Cc1csc(NC(=O)CN2CCN(C(=O)O)CC2)n1. The minimum atomic E-state index is -0.901. The van der Waals surface area contributed by atoms with E-state index in [1.165, 1.54) is 16.2 Å². The largest absolute Gasteiger partial charge is 0.465 e. The predicted octanol–water partition coefficient (Wildman–Crippen LogP) is 0.686. The zero-order valence-electron chi connectivity index (χ0n) is 10.6. The molecular weight excluding hydrogens is 268 g/mol. The Morgan fingerprint density at radius 1 is 1.42 bits per heavy atom. The summed E-state index contributed by atoms with van der Waals surface area (Å²) in [5, 5.41) is 14.0. The molecule has 0 bridgehead atoms. The van der Waals surface area contributed by atoms with Gasteiger partial charge in [0.05, 0.1) is 12.2 Å². The van der Waals surface area contributed by atoms with Gasteiger partial charge in [-0.1, -0.05) is 0 Å². The van der Waals surface area contributed by atoms with Crippen LogP contribution in [0.1, 0.15) is 5.69 Å². The first kappa shape index (κ1) is 13.8. The summed E-state index contributed by atoms with van der Waals surface area (Å²) >= 11 is 1.40. The first-order valence-electron chi connectivity index (χ1n) is 5.97. The fourth-order valence-corrected chi connectivity index (χ4v) is 2.57. The van der Waals surface area contributed by atoms with E-state index in [0.29, 0.717) is 31.3 Å². The standard InChI is InChI=1S/C11H16N4O3S/c1-8-7-19-10(12-8)13-9(16)6-14-2-4-15(5-3-14)11(17)18/h7H,2-6H2,1H3,(H,17,18)(H,12,13,16). The summed E-state index contributed by atoms with van der Waals surface area (Å²) in [4.78, 5) is 30.0. The maximum atomic E-state index is 11.8. The van der Waals surface area contributed by atoms with Gasteiger partial charge in [0.2, 0.25) is 5.91 Å². The summed E-state index contributed by atoms with van der Waals surface area (Å²) in [6.45, 7) is 4.19. The predicted molar refractivity (Wildman–Crippen MR) is 71.5 cm³/mol. The van der Waals surface area contributed by atoms with Crippen LogP contribution in [-0.4, -0.2) is 64.6 Å². The van der Waals surface area contributed by atoms with Gasteiger partial charge >= 0.3 is 6.09 Å². The Bertz CT molecular complexity index is 468. The Kier molecular flexibility index (Phi) is 4.33. The lowest BCUT2D eigenvalue weighted by molar-refractivity contribution is -0.117. The summed E-state index contributed by atoms with van der Waals surface area (Å²) in [6.07, 6.45) is -0.901. The second-order valence-corrected chi connectivity index (χ2v) is 5.25. The van der Waals surface area contributed by atoms with E-state index in [0.717, 1.165) is 5.69 Å². The molecule has 0 radical (unpaired) electrons. The van der Waals surface area contributed by atoms with Crippen LogP contribution in [0.25, 0.3) is 0 Å². The van der Waals surface area contributed by atoms with Gasteiger partial charge in [0, 0.05) is 31.6 Å². The Morgan fingerprint density at radius 2 is 2.11 bits per heavy atom. The van der Waals surface area contributed by atoms with Crippen LogP contribution in [0, 0.1) is 6.92 Å². The van der Waals surface area contributed by atoms with Crippen molar-refractivity contribution in [3.05, 3.63) is 11.1 Å². The van der Waals surface area contributed by atoms with Crippen LogP contribution in [0.3, 0.4) is 0 Å². The molecule has 2 amide bonds. The van der Waals surface area contributed by atoms with Crippen molar-refractivity contribution >= 4 is 28.5 Å². The average molecular weight is 284 g/mol. The molecule has 1 aliphatic heterocycles. The summed E-state index contributed by atoms with van der Waals surface area (Å²) in [7, 11) is 0. The molecule has 1 aliphatic rings. The number of aryl methyl sites for hydroxylation is 1. The van der Waals surface area contributed by atoms with Gasteiger partial charge in [-0.2, -0.15) is 0 Å². The van der Waals surface area contributed by atoms with E-state index in [2.05, 4.69) is 10.3 Å². The van der Waals surface area contributed by atoms with Gasteiger partial charge < -0.3 is 15.3 Å². The van der Waals surface area contributed by atoms with Crippen LogP contribution in [0.15, 0.2) is 5.38 Å². The van der Waals surface area contributed by atoms with Crippen LogP contribution in [0.4, 0.5) is 9.93 Å². The molecule has 1 aromatic rings. The quantitative estimate of drug-likeness (QED) is 0.852. The Balaban J connectivity index is 1.76. The van der Waals surface area contributed by atoms with Gasteiger partial charge in [-0.05, 0) is 6.92 Å². The molecule has 19 heavy (non-hydrogen) atoms. The van der Waals surface area contributed by atoms with Gasteiger partial charge in [-0.15, -0.1) is 11.3 Å². The van der Waals surface area contributed by atoms with Crippen molar-refractivity contribution in [2.75, 3.05) is 38.0 Å². The zero-order valence-corrected chi connectivity index (χ0v) is 11.4. The molecule has 104 valence electrons. The molecule has 0 aliphatic carbocycles. The third-order valence-electron chi connectivity index (χ3n) is 2.88. The molecule has 7 nitrogen and oxygen atoms in total. The Hall–Kier alpha value is -1.67. The molecular formula is C11H16N4O3S. The summed E-state index contributed by atoms with van der Waals surface area (Å²) in [5.74, 6) is -0.113. The summed E-state index contributed by atoms with van der Waals surface area (Å²) in [5.41, 5.74) is 0.885. The number of rotatable bonds is 3. The normalized spacial score (nSPS) is 16.4. The van der Waals surface area contributed by atoms with E-state index >= 15 is 0 Å². The van der Waals surface area contributed by atoms with Gasteiger partial charge in [0.15, 0.2) is 5.13 Å². The molecule has 0 atom stereocenters. The highest BCUT2D eigenvalue weighted by Crippen LogP contribution is 2.14. The fraction of sp³-hybridized carbons (Fsp3) is 0.545. The lowest BCUT2D eigenvalue weighted by atomic mass is 10.3. The highest BCUT2D eigenvalue weighted by molar-refractivity contribution is 7.13. The van der Waals surface area contributed by atoms with Crippen molar-refractivity contribution in [2.24, 2.45) is 0 Å². The maximum absolute atomic E-state index is 11.8. The van der Waals surface area contributed by atoms with Crippen LogP contribution >= 0.6 is 11.3 Å². The van der Waals surface area contributed by atoms with Crippen molar-refractivity contribution in [2.45, 2.75) is 6.92 Å². The number of nitrogens with one attached hydrogen (secondary N) is 1. The van der Waals surface area contributed by atoms with E-state index < -0.39 is 6.09 Å². The highest BCUT2D eigenvalue weighted by Gasteiger charge is 2.21. The molecule has 1 aromatic heterocycles. The molecule has 2 N–H and O–H groups in total. The Morgan fingerprint density at radius 3 is 2.63 bits per heavy atom. The number of carbonyl (C=O) groups excluding carboxylic acids is 1. The second-order valence-electron chi connectivity index (χ2n) is 4.39. The first-order chi connectivity index (χ1) is 9.04. The average Bonchev–Trinajstić information content (AvgIpc) is 2.75. The van der Waals surface area contributed by atoms with Crippen molar-refractivity contribution in [1.82, 2.24) is 14.8 Å². The van der Waals surface area contributed by atoms with Crippen molar-refractivity contribution < 1.29 is 14.7 Å². The summed E-state index contributed by atoms with van der Waals surface area (Å²) in [6, 6.07) is 0. The Labute approximate surface area is 114 Å². The molecule has 1 fully saturated rings. The number of anilines is 1. The molecule has 1 saturated heterocycles. The highest BCUT2D eigenvalue weighted by atomic mass is 32.1. The number of piperazine rings is 1. The van der Waals surface area contributed by atoms with Crippen LogP contribution in [0.2, 0.25) is 0 Å². The molecule has 2 heterocycles. The van der Waals surface area contributed by atoms with Crippen LogP contribution < -0.4 is 5.32 Å². The van der Waals surface area contributed by atoms with Gasteiger partial charge in [0.1, 0.15) is 0 Å². The monoisotopic (exact) mass is 284 g/mol. The van der Waals surface area contributed by atoms with E-state index in [-0.39, 0.29) is 12.5 Å². The van der Waals surface area contributed by atoms with Crippen molar-refractivity contribution in [3.63, 3.8) is 0 Å². The minimum absolute atomic E-state index is 0.113. The van der Waals surface area contributed by atoms with Crippen molar-refractivity contribution in [3.8, 4) is 0 Å². The van der Waals surface area contributed by atoms with E-state index in [9.17, 15) is 9.59 Å². The van der Waals surface area contributed by atoms with Gasteiger partial charge in [-0.3, -0.25) is 9.69 Å². The fourth-order valence-electron chi connectivity index (χ4n) is 1.87. The van der Waals surface area contributed by atoms with Crippen LogP contribution in [-0.2, 0) is 4.79 Å².